The predicted molar refractivity (Wildman–Crippen MR) is 148 cm³/mol. The summed E-state index contributed by atoms with van der Waals surface area (Å²) in [6, 6.07) is 16.1. The van der Waals surface area contributed by atoms with Crippen molar-refractivity contribution in [3.8, 4) is 11.1 Å². The largest absolute Gasteiger partial charge is 0.345 e. The molecule has 2 aromatic rings. The second-order valence-corrected chi connectivity index (χ2v) is 5.64. The van der Waals surface area contributed by atoms with Crippen molar-refractivity contribution < 1.29 is 4.79 Å². The Bertz CT molecular complexity index is 640. The number of hydrogen-bond acceptors (Lipinski definition) is 2. The number of amides is 1. The van der Waals surface area contributed by atoms with E-state index < -0.39 is 0 Å². The summed E-state index contributed by atoms with van der Waals surface area (Å²) in [5.74, 6) is 0.0326. The summed E-state index contributed by atoms with van der Waals surface area (Å²) in [5, 5.41) is 0. The van der Waals surface area contributed by atoms with Crippen LogP contribution in [0.4, 0.5) is 0 Å². The van der Waals surface area contributed by atoms with Crippen LogP contribution in [0.5, 0.6) is 0 Å². The lowest BCUT2D eigenvalue weighted by molar-refractivity contribution is 0.0828. The molecule has 0 heterocycles. The first-order chi connectivity index (χ1) is 14.0. The Hall–Kier alpha value is -1.40. The van der Waals surface area contributed by atoms with E-state index in [0.29, 0.717) is 0 Å². The molecule has 1 amide bonds. The van der Waals surface area contributed by atoms with Crippen molar-refractivity contribution in [1.29, 1.82) is 0 Å². The smallest absolute Gasteiger partial charge is 0.253 e. The van der Waals surface area contributed by atoms with Crippen LogP contribution in [0.3, 0.4) is 0 Å². The zero-order valence-corrected chi connectivity index (χ0v) is 23.9. The van der Waals surface area contributed by atoms with Crippen LogP contribution in [0.1, 0.15) is 71.3 Å². The van der Waals surface area contributed by atoms with E-state index in [-0.39, 0.29) is 29.9 Å². The Labute approximate surface area is 204 Å². The number of halogens is 1. The zero-order valence-electron chi connectivity index (χ0n) is 21.5. The highest BCUT2D eigenvalue weighted by atomic mass is 127. The van der Waals surface area contributed by atoms with E-state index in [1.165, 1.54) is 5.56 Å². The van der Waals surface area contributed by atoms with Gasteiger partial charge in [0.2, 0.25) is 0 Å². The van der Waals surface area contributed by atoms with Crippen molar-refractivity contribution in [3.05, 3.63) is 59.7 Å². The van der Waals surface area contributed by atoms with Crippen LogP contribution in [-0.2, 0) is 6.54 Å². The monoisotopic (exact) mass is 530 g/mol. The minimum Gasteiger partial charge on any atom is -0.345 e. The Morgan fingerprint density at radius 3 is 1.50 bits per heavy atom. The molecule has 0 aliphatic heterocycles. The van der Waals surface area contributed by atoms with E-state index in [9.17, 15) is 4.79 Å². The zero-order chi connectivity index (χ0) is 23.4. The number of carbonyl (C=O) groups excluding carboxylic acids is 1. The van der Waals surface area contributed by atoms with Gasteiger partial charge in [-0.3, -0.25) is 4.79 Å². The molecule has 2 rings (SSSR count). The molecule has 0 spiro atoms. The fraction of sp³-hybridized carbons (Fsp3) is 0.500. The van der Waals surface area contributed by atoms with Gasteiger partial charge in [0.25, 0.3) is 5.91 Å². The Kier molecular flexibility index (Phi) is 28.7. The third-order valence-electron chi connectivity index (χ3n) is 3.36. The Morgan fingerprint density at radius 1 is 0.667 bits per heavy atom. The summed E-state index contributed by atoms with van der Waals surface area (Å²) in [5.41, 5.74) is 4.08. The number of carbonyl (C=O) groups is 1. The lowest BCUT2D eigenvalue weighted by Gasteiger charge is -2.18. The SMILES string of the molecule is CC.CC.CC.CC.CN(C)Cc1ccccc1-c1ccccc1C(=O)N(C)C.I. The van der Waals surface area contributed by atoms with Crippen LogP contribution in [0, 0.1) is 0 Å². The van der Waals surface area contributed by atoms with Gasteiger partial charge >= 0.3 is 0 Å². The molecule has 174 valence electrons. The normalized spacial score (nSPS) is 8.30. The van der Waals surface area contributed by atoms with Gasteiger partial charge in [-0.15, -0.1) is 24.0 Å². The summed E-state index contributed by atoms with van der Waals surface area (Å²) in [6.07, 6.45) is 0. The van der Waals surface area contributed by atoms with Gasteiger partial charge in [-0.25, -0.2) is 0 Å². The van der Waals surface area contributed by atoms with Gasteiger partial charge in [-0.1, -0.05) is 97.9 Å². The molecule has 0 N–H and O–H groups in total. The summed E-state index contributed by atoms with van der Waals surface area (Å²) >= 11 is 0. The predicted octanol–water partition coefficient (Wildman–Crippen LogP) is 7.84. The van der Waals surface area contributed by atoms with Gasteiger partial charge < -0.3 is 9.80 Å². The molecule has 2 aromatic carbocycles. The minimum absolute atomic E-state index is 0. The van der Waals surface area contributed by atoms with Crippen LogP contribution in [0.2, 0.25) is 0 Å². The molecule has 0 bridgehead atoms. The minimum atomic E-state index is 0. The van der Waals surface area contributed by atoms with E-state index >= 15 is 0 Å². The van der Waals surface area contributed by atoms with E-state index in [0.717, 1.165) is 23.2 Å². The summed E-state index contributed by atoms with van der Waals surface area (Å²) in [6.45, 7) is 16.8. The molecular weight excluding hydrogens is 483 g/mol. The lowest BCUT2D eigenvalue weighted by Crippen LogP contribution is -2.22. The van der Waals surface area contributed by atoms with Crippen molar-refractivity contribution in [2.45, 2.75) is 61.9 Å². The van der Waals surface area contributed by atoms with E-state index in [1.54, 1.807) is 19.0 Å². The summed E-state index contributed by atoms with van der Waals surface area (Å²) in [4.78, 5) is 16.1. The second-order valence-electron chi connectivity index (χ2n) is 5.64. The van der Waals surface area contributed by atoms with Gasteiger partial charge in [0.1, 0.15) is 0 Å². The molecule has 3 nitrogen and oxygen atoms in total. The molecule has 0 atom stereocenters. The molecule has 0 saturated heterocycles. The van der Waals surface area contributed by atoms with E-state index in [1.807, 2.05) is 106 Å². The summed E-state index contributed by atoms with van der Waals surface area (Å²) in [7, 11) is 7.66. The van der Waals surface area contributed by atoms with E-state index in [2.05, 4.69) is 17.0 Å². The fourth-order valence-corrected chi connectivity index (χ4v) is 2.41. The number of rotatable bonds is 4. The van der Waals surface area contributed by atoms with Crippen LogP contribution in [0.25, 0.3) is 11.1 Å². The van der Waals surface area contributed by atoms with Gasteiger partial charge in [-0.05, 0) is 36.9 Å². The first-order valence-electron chi connectivity index (χ1n) is 11.0. The number of hydrogen-bond donors (Lipinski definition) is 0. The highest BCUT2D eigenvalue weighted by molar-refractivity contribution is 14.0. The standard InChI is InChI=1S/C18H22N2O.4C2H6.HI/c1-19(2)13-14-9-5-6-10-15(14)16-11-7-8-12-17(16)18(21)20(3)4;4*1-2;/h5-12H,13H2,1-4H3;4*1-2H3;1H. The molecular formula is C26H47IN2O. The van der Waals surface area contributed by atoms with Gasteiger partial charge in [0.05, 0.1) is 0 Å². The van der Waals surface area contributed by atoms with Crippen LogP contribution >= 0.6 is 24.0 Å². The molecule has 0 saturated carbocycles. The number of nitrogens with zero attached hydrogens (tertiary/aromatic N) is 2. The Morgan fingerprint density at radius 2 is 1.07 bits per heavy atom. The highest BCUT2D eigenvalue weighted by Gasteiger charge is 2.15. The maximum atomic E-state index is 12.4. The maximum absolute atomic E-state index is 12.4. The van der Waals surface area contributed by atoms with Crippen LogP contribution < -0.4 is 0 Å². The maximum Gasteiger partial charge on any atom is 0.253 e. The van der Waals surface area contributed by atoms with Gasteiger partial charge in [0.15, 0.2) is 0 Å². The quantitative estimate of drug-likeness (QED) is 0.376. The van der Waals surface area contributed by atoms with Crippen LogP contribution in [0.15, 0.2) is 48.5 Å². The third kappa shape index (κ3) is 13.0. The van der Waals surface area contributed by atoms with Gasteiger partial charge in [-0.2, -0.15) is 0 Å². The molecule has 30 heavy (non-hydrogen) atoms. The molecule has 0 unspecified atom stereocenters. The molecule has 0 aliphatic rings. The van der Waals surface area contributed by atoms with Crippen LogP contribution in [-0.4, -0.2) is 43.9 Å². The number of benzene rings is 2. The van der Waals surface area contributed by atoms with Crippen molar-refractivity contribution in [2.75, 3.05) is 28.2 Å². The molecule has 0 fully saturated rings. The fourth-order valence-electron chi connectivity index (χ4n) is 2.41. The van der Waals surface area contributed by atoms with Crippen molar-refractivity contribution in [3.63, 3.8) is 0 Å². The van der Waals surface area contributed by atoms with Crippen molar-refractivity contribution in [2.24, 2.45) is 0 Å². The molecule has 0 radical (unpaired) electrons. The van der Waals surface area contributed by atoms with Crippen molar-refractivity contribution >= 4 is 29.9 Å². The van der Waals surface area contributed by atoms with Crippen molar-refractivity contribution in [1.82, 2.24) is 9.80 Å². The molecule has 0 aromatic heterocycles. The Balaban J connectivity index is -0.000000336. The second kappa shape index (κ2) is 23.9. The molecule has 0 aliphatic carbocycles. The average molecular weight is 531 g/mol. The van der Waals surface area contributed by atoms with Gasteiger partial charge in [0, 0.05) is 26.2 Å². The topological polar surface area (TPSA) is 23.6 Å². The average Bonchev–Trinajstić information content (AvgIpc) is 2.79. The first kappa shape index (κ1) is 36.0. The lowest BCUT2D eigenvalue weighted by atomic mass is 9.94. The van der Waals surface area contributed by atoms with E-state index in [4.69, 9.17) is 0 Å². The summed E-state index contributed by atoms with van der Waals surface area (Å²) < 4.78 is 0. The molecule has 4 heteroatoms. The third-order valence-corrected chi connectivity index (χ3v) is 3.36. The highest BCUT2D eigenvalue weighted by Crippen LogP contribution is 2.28. The first-order valence-corrected chi connectivity index (χ1v) is 11.0.